The fraction of sp³-hybridized carbons (Fsp3) is 0.538. The summed E-state index contributed by atoms with van der Waals surface area (Å²) < 4.78 is 0. The van der Waals surface area contributed by atoms with Crippen LogP contribution in [0.15, 0.2) is 12.4 Å². The van der Waals surface area contributed by atoms with E-state index in [0.717, 1.165) is 0 Å². The van der Waals surface area contributed by atoms with E-state index in [0.29, 0.717) is 38.2 Å². The van der Waals surface area contributed by atoms with Crippen LogP contribution in [0.4, 0.5) is 5.69 Å². The summed E-state index contributed by atoms with van der Waals surface area (Å²) in [5.41, 5.74) is 0.694. The maximum Gasteiger partial charge on any atom is 0.228 e. The van der Waals surface area contributed by atoms with Gasteiger partial charge in [-0.2, -0.15) is 5.10 Å². The Balaban J connectivity index is 1.65. The van der Waals surface area contributed by atoms with Crippen LogP contribution in [0.25, 0.3) is 0 Å². The van der Waals surface area contributed by atoms with E-state index in [1.807, 2.05) is 0 Å². The van der Waals surface area contributed by atoms with E-state index in [4.69, 9.17) is 0 Å². The van der Waals surface area contributed by atoms with Gasteiger partial charge in [0.15, 0.2) is 0 Å². The molecule has 0 radical (unpaired) electrons. The summed E-state index contributed by atoms with van der Waals surface area (Å²) in [7, 11) is 0. The fourth-order valence-electron chi connectivity index (χ4n) is 2.75. The minimum Gasteiger partial charge on any atom is -0.342 e. The molecule has 0 saturated carbocycles. The minimum atomic E-state index is -0.314. The summed E-state index contributed by atoms with van der Waals surface area (Å²) in [5, 5.41) is 6.48. The Morgan fingerprint density at radius 1 is 1.30 bits per heavy atom. The zero-order valence-electron chi connectivity index (χ0n) is 11.0. The average Bonchev–Trinajstić information content (AvgIpc) is 3.07. The molecular formula is C13H16N4O3. The van der Waals surface area contributed by atoms with E-state index < -0.39 is 0 Å². The van der Waals surface area contributed by atoms with Crippen LogP contribution in [-0.2, 0) is 14.4 Å². The monoisotopic (exact) mass is 276 g/mol. The third-order valence-corrected chi connectivity index (χ3v) is 3.90. The van der Waals surface area contributed by atoms with E-state index in [9.17, 15) is 14.4 Å². The Bertz CT molecular complexity index is 530. The molecule has 1 N–H and O–H groups in total. The molecule has 0 spiro atoms. The number of aromatic amines is 1. The molecule has 0 aromatic carbocycles. The lowest BCUT2D eigenvalue weighted by Gasteiger charge is -2.28. The second-order valence-corrected chi connectivity index (χ2v) is 5.23. The van der Waals surface area contributed by atoms with Gasteiger partial charge in [0.05, 0.1) is 17.8 Å². The van der Waals surface area contributed by atoms with Crippen molar-refractivity contribution in [2.45, 2.75) is 19.3 Å². The summed E-state index contributed by atoms with van der Waals surface area (Å²) in [5.74, 6) is -0.183. The van der Waals surface area contributed by atoms with Crippen molar-refractivity contribution in [3.63, 3.8) is 0 Å². The first-order valence-corrected chi connectivity index (χ1v) is 6.75. The number of likely N-dealkylation sites (tertiary alicyclic amines) is 1. The number of Topliss-reactive ketones (excluding diaryl/α,β-unsaturated/α-hetero) is 1. The highest BCUT2D eigenvalue weighted by molar-refractivity contribution is 6.00. The smallest absolute Gasteiger partial charge is 0.228 e. The van der Waals surface area contributed by atoms with Crippen LogP contribution in [0.1, 0.15) is 19.3 Å². The van der Waals surface area contributed by atoms with Gasteiger partial charge < -0.3 is 9.80 Å². The predicted octanol–water partition coefficient (Wildman–Crippen LogP) is -0.0459. The van der Waals surface area contributed by atoms with E-state index in [2.05, 4.69) is 10.2 Å². The molecule has 7 heteroatoms. The molecule has 0 bridgehead atoms. The van der Waals surface area contributed by atoms with Crippen LogP contribution in [0.3, 0.4) is 0 Å². The maximum absolute atomic E-state index is 12.4. The molecule has 2 fully saturated rings. The van der Waals surface area contributed by atoms with Crippen LogP contribution < -0.4 is 4.90 Å². The number of hydrogen-bond acceptors (Lipinski definition) is 4. The van der Waals surface area contributed by atoms with Gasteiger partial charge >= 0.3 is 0 Å². The van der Waals surface area contributed by atoms with E-state index in [1.165, 1.54) is 0 Å². The number of carbonyl (C=O) groups excluding carboxylic acids is 3. The second kappa shape index (κ2) is 5.07. The molecule has 2 aliphatic rings. The van der Waals surface area contributed by atoms with Crippen molar-refractivity contribution >= 4 is 23.3 Å². The normalized spacial score (nSPS) is 23.5. The second-order valence-electron chi connectivity index (χ2n) is 5.23. The number of nitrogens with zero attached hydrogens (tertiary/aromatic N) is 3. The van der Waals surface area contributed by atoms with Crippen LogP contribution in [0, 0.1) is 5.92 Å². The van der Waals surface area contributed by atoms with Gasteiger partial charge in [-0.1, -0.05) is 0 Å². The number of nitrogens with one attached hydrogen (secondary N) is 1. The molecule has 3 rings (SSSR count). The molecule has 1 aromatic heterocycles. The maximum atomic E-state index is 12.4. The number of anilines is 1. The van der Waals surface area contributed by atoms with Gasteiger partial charge in [0.1, 0.15) is 5.78 Å². The lowest BCUT2D eigenvalue weighted by Crippen LogP contribution is -2.42. The molecule has 106 valence electrons. The van der Waals surface area contributed by atoms with E-state index >= 15 is 0 Å². The molecule has 1 unspecified atom stereocenters. The Kier molecular flexibility index (Phi) is 3.25. The van der Waals surface area contributed by atoms with Gasteiger partial charge in [0.2, 0.25) is 11.8 Å². The number of carbonyl (C=O) groups is 3. The number of rotatable bonds is 2. The molecule has 1 aromatic rings. The fourth-order valence-corrected chi connectivity index (χ4v) is 2.75. The van der Waals surface area contributed by atoms with Crippen molar-refractivity contribution in [3.8, 4) is 0 Å². The number of hydrogen-bond donors (Lipinski definition) is 1. The summed E-state index contributed by atoms with van der Waals surface area (Å²) in [4.78, 5) is 38.9. The molecule has 2 saturated heterocycles. The third-order valence-electron chi connectivity index (χ3n) is 3.90. The van der Waals surface area contributed by atoms with Gasteiger partial charge in [0, 0.05) is 45.1 Å². The van der Waals surface area contributed by atoms with Crippen molar-refractivity contribution in [2.24, 2.45) is 5.92 Å². The lowest BCUT2D eigenvalue weighted by molar-refractivity contribution is -0.138. The van der Waals surface area contributed by atoms with Gasteiger partial charge in [-0.15, -0.1) is 0 Å². The largest absolute Gasteiger partial charge is 0.342 e. The molecule has 7 nitrogen and oxygen atoms in total. The lowest BCUT2D eigenvalue weighted by atomic mass is 10.0. The quantitative estimate of drug-likeness (QED) is 0.820. The average molecular weight is 276 g/mol. The van der Waals surface area contributed by atoms with Crippen molar-refractivity contribution in [3.05, 3.63) is 12.4 Å². The van der Waals surface area contributed by atoms with Crippen LogP contribution >= 0.6 is 0 Å². The van der Waals surface area contributed by atoms with Gasteiger partial charge in [-0.25, -0.2) is 0 Å². The predicted molar refractivity (Wildman–Crippen MR) is 69.9 cm³/mol. The molecule has 2 aliphatic heterocycles. The molecule has 2 amide bonds. The zero-order valence-corrected chi connectivity index (χ0v) is 11.0. The van der Waals surface area contributed by atoms with Crippen molar-refractivity contribution in [2.75, 3.05) is 24.5 Å². The Labute approximate surface area is 115 Å². The zero-order chi connectivity index (χ0) is 14.1. The van der Waals surface area contributed by atoms with Crippen molar-refractivity contribution < 1.29 is 14.4 Å². The Morgan fingerprint density at radius 3 is 2.70 bits per heavy atom. The number of amides is 2. The van der Waals surface area contributed by atoms with Crippen LogP contribution in [0.5, 0.6) is 0 Å². The molecule has 20 heavy (non-hydrogen) atoms. The highest BCUT2D eigenvalue weighted by Gasteiger charge is 2.38. The van der Waals surface area contributed by atoms with Gasteiger partial charge in [-0.3, -0.25) is 19.5 Å². The summed E-state index contributed by atoms with van der Waals surface area (Å²) in [6.45, 7) is 1.35. The number of ketones is 1. The first kappa shape index (κ1) is 12.8. The van der Waals surface area contributed by atoms with E-state index in [1.54, 1.807) is 22.2 Å². The summed E-state index contributed by atoms with van der Waals surface area (Å²) >= 11 is 0. The van der Waals surface area contributed by atoms with Crippen molar-refractivity contribution in [1.29, 1.82) is 0 Å². The highest BCUT2D eigenvalue weighted by Crippen LogP contribution is 2.26. The molecule has 1 atom stereocenters. The third kappa shape index (κ3) is 2.31. The summed E-state index contributed by atoms with van der Waals surface area (Å²) in [6, 6.07) is 0. The van der Waals surface area contributed by atoms with Crippen LogP contribution in [0.2, 0.25) is 0 Å². The summed E-state index contributed by atoms with van der Waals surface area (Å²) in [6.07, 6.45) is 4.30. The molecule has 0 aliphatic carbocycles. The SMILES string of the molecule is O=C1CCN(C(=O)C2CC(=O)N(c3cn[nH]c3)C2)CC1. The highest BCUT2D eigenvalue weighted by atomic mass is 16.2. The Morgan fingerprint density at radius 2 is 2.05 bits per heavy atom. The van der Waals surface area contributed by atoms with Crippen molar-refractivity contribution in [1.82, 2.24) is 15.1 Å². The molecular weight excluding hydrogens is 260 g/mol. The van der Waals surface area contributed by atoms with Gasteiger partial charge in [0.25, 0.3) is 0 Å². The molecule has 3 heterocycles. The first-order valence-electron chi connectivity index (χ1n) is 6.75. The first-order chi connectivity index (χ1) is 9.65. The topological polar surface area (TPSA) is 86.4 Å². The van der Waals surface area contributed by atoms with Gasteiger partial charge in [-0.05, 0) is 0 Å². The number of piperidine rings is 1. The Hall–Kier alpha value is -2.18. The number of H-pyrrole nitrogens is 1. The van der Waals surface area contributed by atoms with E-state index in [-0.39, 0.29) is 29.9 Å². The minimum absolute atomic E-state index is 0.0168. The van der Waals surface area contributed by atoms with Crippen LogP contribution in [-0.4, -0.2) is 52.3 Å². The number of aromatic nitrogens is 2. The standard InChI is InChI=1S/C13H16N4O3/c18-11-1-3-16(4-2-11)13(20)9-5-12(19)17(8-9)10-6-14-15-7-10/h6-7,9H,1-5,8H2,(H,14,15).